The predicted octanol–water partition coefficient (Wildman–Crippen LogP) is 4.07. The number of nitrogens with two attached hydrogens (primary N) is 1. The number of fused-ring (bicyclic) bond motifs is 4. The van der Waals surface area contributed by atoms with Crippen molar-refractivity contribution in [3.05, 3.63) is 78.0 Å². The highest BCUT2D eigenvalue weighted by atomic mass is 19.1. The average Bonchev–Trinajstić information content (AvgIpc) is 3.31. The first-order chi connectivity index (χ1) is 18.1. The number of pyridine rings is 2. The Morgan fingerprint density at radius 3 is 2.65 bits per heavy atom. The smallest absolute Gasteiger partial charge is 0.248 e. The lowest BCUT2D eigenvalue weighted by atomic mass is 10.1. The summed E-state index contributed by atoms with van der Waals surface area (Å²) < 4.78 is 13.3. The molecule has 0 unspecified atom stereocenters. The highest BCUT2D eigenvalue weighted by molar-refractivity contribution is 6.11. The van der Waals surface area contributed by atoms with E-state index in [1.165, 1.54) is 12.1 Å². The van der Waals surface area contributed by atoms with Gasteiger partial charge in [-0.15, -0.1) is 0 Å². The number of aromatic amines is 1. The van der Waals surface area contributed by atoms with E-state index in [0.717, 1.165) is 77.6 Å². The third kappa shape index (κ3) is 5.84. The van der Waals surface area contributed by atoms with Crippen LogP contribution in [0.25, 0.3) is 32.6 Å². The molecule has 0 aliphatic carbocycles. The molecule has 3 aromatic heterocycles. The summed E-state index contributed by atoms with van der Waals surface area (Å²) >= 11 is 0. The van der Waals surface area contributed by atoms with E-state index < -0.39 is 5.91 Å². The van der Waals surface area contributed by atoms with Crippen molar-refractivity contribution in [1.29, 1.82) is 0 Å². The van der Waals surface area contributed by atoms with Gasteiger partial charge < -0.3 is 26.7 Å². The van der Waals surface area contributed by atoms with E-state index in [0.29, 0.717) is 17.6 Å². The van der Waals surface area contributed by atoms with Crippen LogP contribution in [0, 0.1) is 5.82 Å². The van der Waals surface area contributed by atoms with Crippen LogP contribution in [-0.2, 0) is 6.54 Å². The molecule has 37 heavy (non-hydrogen) atoms. The van der Waals surface area contributed by atoms with E-state index in [2.05, 4.69) is 32.0 Å². The van der Waals surface area contributed by atoms with Gasteiger partial charge in [0.15, 0.2) is 0 Å². The van der Waals surface area contributed by atoms with Gasteiger partial charge in [0.25, 0.3) is 0 Å². The fourth-order valence-corrected chi connectivity index (χ4v) is 4.51. The van der Waals surface area contributed by atoms with Gasteiger partial charge in [0.05, 0.1) is 5.52 Å². The molecule has 0 radical (unpaired) electrons. The highest BCUT2D eigenvalue weighted by Crippen LogP contribution is 2.29. The van der Waals surface area contributed by atoms with E-state index in [4.69, 9.17) is 10.7 Å². The van der Waals surface area contributed by atoms with Crippen molar-refractivity contribution < 1.29 is 9.18 Å². The Balaban J connectivity index is 1.05. The molecule has 0 saturated heterocycles. The summed E-state index contributed by atoms with van der Waals surface area (Å²) in [4.78, 5) is 23.9. The molecule has 0 bridgehead atoms. The first kappa shape index (κ1) is 24.6. The summed E-state index contributed by atoms with van der Waals surface area (Å²) in [6, 6.07) is 14.1. The van der Waals surface area contributed by atoms with Gasteiger partial charge in [-0.25, -0.2) is 9.37 Å². The lowest BCUT2D eigenvalue weighted by Crippen LogP contribution is -2.24. The maximum absolute atomic E-state index is 13.3. The lowest BCUT2D eigenvalue weighted by Gasteiger charge is -2.12. The molecule has 2 aromatic carbocycles. The summed E-state index contributed by atoms with van der Waals surface area (Å²) in [6.45, 7) is 4.08. The third-order valence-electron chi connectivity index (χ3n) is 6.39. The molecular weight excluding hydrogens is 469 g/mol. The number of benzene rings is 2. The maximum atomic E-state index is 13.3. The molecular formula is C28H30FN7O. The van der Waals surface area contributed by atoms with E-state index in [-0.39, 0.29) is 5.82 Å². The van der Waals surface area contributed by atoms with E-state index in [1.54, 1.807) is 24.4 Å². The number of carbonyl (C=O) groups is 1. The topological polar surface area (TPSA) is 121 Å². The molecule has 1 amide bonds. The molecule has 0 aliphatic heterocycles. The molecule has 0 aliphatic rings. The number of H-pyrrole nitrogens is 1. The number of nitrogens with zero attached hydrogens (tertiary/aromatic N) is 2. The summed E-state index contributed by atoms with van der Waals surface area (Å²) in [6.07, 6.45) is 5.69. The number of halogens is 1. The third-order valence-corrected chi connectivity index (χ3v) is 6.39. The van der Waals surface area contributed by atoms with Crippen molar-refractivity contribution in [1.82, 2.24) is 25.6 Å². The SMILES string of the molecule is NC(=O)c1ccc2c(c1)nc(NCCNCCCCNCc1cc3ccc(F)cc3[nH]1)c1ccncc12. The number of anilines is 1. The zero-order chi connectivity index (χ0) is 25.6. The van der Waals surface area contributed by atoms with Crippen LogP contribution in [0.15, 0.2) is 60.9 Å². The van der Waals surface area contributed by atoms with Gasteiger partial charge >= 0.3 is 0 Å². The number of unbranched alkanes of at least 4 members (excludes halogenated alkanes) is 1. The zero-order valence-corrected chi connectivity index (χ0v) is 20.5. The summed E-state index contributed by atoms with van der Waals surface area (Å²) in [5, 5.41) is 14.2. The Kier molecular flexibility index (Phi) is 7.53. The Hall–Kier alpha value is -4.08. The molecule has 9 heteroatoms. The van der Waals surface area contributed by atoms with Crippen molar-refractivity contribution in [3.63, 3.8) is 0 Å². The predicted molar refractivity (Wildman–Crippen MR) is 146 cm³/mol. The Morgan fingerprint density at radius 1 is 0.919 bits per heavy atom. The minimum Gasteiger partial charge on any atom is -0.368 e. The highest BCUT2D eigenvalue weighted by Gasteiger charge is 2.10. The largest absolute Gasteiger partial charge is 0.368 e. The van der Waals surface area contributed by atoms with Gasteiger partial charge in [-0.2, -0.15) is 0 Å². The second-order valence-corrected chi connectivity index (χ2v) is 9.06. The minimum atomic E-state index is -0.474. The number of hydrogen-bond acceptors (Lipinski definition) is 6. The van der Waals surface area contributed by atoms with Gasteiger partial charge in [0, 0.05) is 65.0 Å². The number of hydrogen-bond donors (Lipinski definition) is 5. The number of carbonyl (C=O) groups excluding carboxylic acids is 1. The van der Waals surface area contributed by atoms with Crippen LogP contribution in [-0.4, -0.2) is 47.0 Å². The number of primary amides is 1. The maximum Gasteiger partial charge on any atom is 0.248 e. The summed E-state index contributed by atoms with van der Waals surface area (Å²) in [5.74, 6) is 0.0604. The van der Waals surface area contributed by atoms with Crippen molar-refractivity contribution >= 4 is 44.3 Å². The fourth-order valence-electron chi connectivity index (χ4n) is 4.51. The van der Waals surface area contributed by atoms with Crippen molar-refractivity contribution in [3.8, 4) is 0 Å². The number of rotatable bonds is 12. The van der Waals surface area contributed by atoms with Crippen LogP contribution in [0.4, 0.5) is 10.2 Å². The van der Waals surface area contributed by atoms with Crippen LogP contribution in [0.5, 0.6) is 0 Å². The van der Waals surface area contributed by atoms with Gasteiger partial charge in [-0.05, 0) is 73.8 Å². The van der Waals surface area contributed by atoms with E-state index >= 15 is 0 Å². The molecule has 5 aromatic rings. The molecule has 8 nitrogen and oxygen atoms in total. The second-order valence-electron chi connectivity index (χ2n) is 9.06. The van der Waals surface area contributed by atoms with Crippen LogP contribution in [0.1, 0.15) is 28.9 Å². The number of amides is 1. The van der Waals surface area contributed by atoms with Crippen molar-refractivity contribution in [2.45, 2.75) is 19.4 Å². The van der Waals surface area contributed by atoms with Crippen molar-refractivity contribution in [2.75, 3.05) is 31.5 Å². The Bertz CT molecular complexity index is 1550. The molecule has 6 N–H and O–H groups in total. The van der Waals surface area contributed by atoms with Gasteiger partial charge in [0.1, 0.15) is 11.6 Å². The Morgan fingerprint density at radius 2 is 1.78 bits per heavy atom. The Labute approximate surface area is 213 Å². The van der Waals surface area contributed by atoms with E-state index in [1.807, 2.05) is 18.3 Å². The quantitative estimate of drug-likeness (QED) is 0.130. The lowest BCUT2D eigenvalue weighted by molar-refractivity contribution is 0.100. The second kappa shape index (κ2) is 11.3. The molecule has 0 fully saturated rings. The van der Waals surface area contributed by atoms with E-state index in [9.17, 15) is 9.18 Å². The molecule has 0 saturated carbocycles. The van der Waals surface area contributed by atoms with Crippen LogP contribution in [0.3, 0.4) is 0 Å². The molecule has 0 spiro atoms. The van der Waals surface area contributed by atoms with Gasteiger partial charge in [0.2, 0.25) is 5.91 Å². The molecule has 0 atom stereocenters. The monoisotopic (exact) mass is 499 g/mol. The summed E-state index contributed by atoms with van der Waals surface area (Å²) in [5.41, 5.74) is 8.47. The standard InChI is InChI=1S/C28H30FN7O/c29-20-5-3-18-13-21(35-25(18)15-20)16-32-9-2-1-8-31-11-12-34-28-23-7-10-33-17-24(23)22-6-4-19(27(30)37)14-26(22)36-28/h3-7,10,13-15,17,31-32,35H,1-2,8-9,11-12,16H2,(H2,30,37)(H,34,36). The van der Waals surface area contributed by atoms with Crippen LogP contribution >= 0.6 is 0 Å². The first-order valence-corrected chi connectivity index (χ1v) is 12.5. The number of aromatic nitrogens is 3. The van der Waals surface area contributed by atoms with Crippen molar-refractivity contribution in [2.24, 2.45) is 5.73 Å². The zero-order valence-electron chi connectivity index (χ0n) is 20.5. The van der Waals surface area contributed by atoms with Gasteiger partial charge in [-0.1, -0.05) is 6.07 Å². The first-order valence-electron chi connectivity index (χ1n) is 12.5. The van der Waals surface area contributed by atoms with Crippen LogP contribution < -0.4 is 21.7 Å². The molecule has 5 rings (SSSR count). The molecule has 190 valence electrons. The normalized spacial score (nSPS) is 11.5. The number of nitrogens with one attached hydrogen (secondary N) is 4. The fraction of sp³-hybridized carbons (Fsp3) is 0.250. The van der Waals surface area contributed by atoms with Crippen LogP contribution in [0.2, 0.25) is 0 Å². The minimum absolute atomic E-state index is 0.227. The van der Waals surface area contributed by atoms with Gasteiger partial charge in [-0.3, -0.25) is 9.78 Å². The molecule has 3 heterocycles. The summed E-state index contributed by atoms with van der Waals surface area (Å²) in [7, 11) is 0. The average molecular weight is 500 g/mol.